The van der Waals surface area contributed by atoms with E-state index < -0.39 is 0 Å². The Hall–Kier alpha value is -1.36. The fourth-order valence-corrected chi connectivity index (χ4v) is 2.64. The molecule has 0 saturated carbocycles. The summed E-state index contributed by atoms with van der Waals surface area (Å²) in [5.41, 5.74) is 0. The Morgan fingerprint density at radius 3 is 1.35 bits per heavy atom. The third-order valence-electron chi connectivity index (χ3n) is 4.36. The van der Waals surface area contributed by atoms with Gasteiger partial charge in [-0.2, -0.15) is 0 Å². The van der Waals surface area contributed by atoms with Crippen molar-refractivity contribution in [2.24, 2.45) is 0 Å². The highest BCUT2D eigenvalue weighted by Crippen LogP contribution is 2.02. The van der Waals surface area contributed by atoms with E-state index in [0.717, 1.165) is 17.9 Å². The number of ether oxygens (including phenoxy) is 6. The van der Waals surface area contributed by atoms with Crippen molar-refractivity contribution in [3.05, 3.63) is 12.2 Å². The van der Waals surface area contributed by atoms with Crippen molar-refractivity contribution in [1.82, 2.24) is 4.90 Å². The SMILES string of the molecule is CCCCCCOCCOCCOCCOCCOCCOCCN1C(=O)C=CC1=O. The molecule has 0 atom stereocenters. The van der Waals surface area contributed by atoms with Crippen LogP contribution in [0.3, 0.4) is 0 Å². The monoisotopic (exact) mass is 445 g/mol. The Balaban J connectivity index is 1.68. The second kappa shape index (κ2) is 20.5. The molecule has 180 valence electrons. The summed E-state index contributed by atoms with van der Waals surface area (Å²) in [5.74, 6) is -0.590. The van der Waals surface area contributed by atoms with Gasteiger partial charge < -0.3 is 28.4 Å². The van der Waals surface area contributed by atoms with Crippen molar-refractivity contribution in [2.75, 3.05) is 85.8 Å². The minimum absolute atomic E-state index is 0.256. The molecule has 9 nitrogen and oxygen atoms in total. The van der Waals surface area contributed by atoms with Crippen molar-refractivity contribution < 1.29 is 38.0 Å². The van der Waals surface area contributed by atoms with Crippen LogP contribution in [0.2, 0.25) is 0 Å². The number of carbonyl (C=O) groups excluding carboxylic acids is 2. The lowest BCUT2D eigenvalue weighted by atomic mass is 10.2. The average molecular weight is 446 g/mol. The third-order valence-corrected chi connectivity index (χ3v) is 4.36. The number of rotatable bonds is 23. The molecule has 0 saturated heterocycles. The van der Waals surface area contributed by atoms with Crippen molar-refractivity contribution in [1.29, 1.82) is 0 Å². The molecule has 1 aliphatic heterocycles. The van der Waals surface area contributed by atoms with E-state index >= 15 is 0 Å². The summed E-state index contributed by atoms with van der Waals surface area (Å²) in [4.78, 5) is 23.8. The molecule has 0 aromatic heterocycles. The highest BCUT2D eigenvalue weighted by atomic mass is 16.6. The molecule has 0 N–H and O–H groups in total. The van der Waals surface area contributed by atoms with E-state index in [1.54, 1.807) is 0 Å². The summed E-state index contributed by atoms with van der Waals surface area (Å²) in [5, 5.41) is 0. The van der Waals surface area contributed by atoms with E-state index in [9.17, 15) is 9.59 Å². The number of unbranched alkanes of at least 4 members (excludes halogenated alkanes) is 3. The van der Waals surface area contributed by atoms with Crippen molar-refractivity contribution >= 4 is 11.8 Å². The minimum Gasteiger partial charge on any atom is -0.379 e. The van der Waals surface area contributed by atoms with Crippen molar-refractivity contribution in [2.45, 2.75) is 32.6 Å². The molecule has 1 rings (SSSR count). The van der Waals surface area contributed by atoms with Gasteiger partial charge in [-0.1, -0.05) is 26.2 Å². The van der Waals surface area contributed by atoms with Crippen LogP contribution < -0.4 is 0 Å². The van der Waals surface area contributed by atoms with E-state index in [0.29, 0.717) is 72.7 Å². The van der Waals surface area contributed by atoms with Gasteiger partial charge in [0.15, 0.2) is 0 Å². The van der Waals surface area contributed by atoms with Crippen LogP contribution in [-0.2, 0) is 38.0 Å². The van der Waals surface area contributed by atoms with Crippen LogP contribution >= 0.6 is 0 Å². The Morgan fingerprint density at radius 1 is 0.548 bits per heavy atom. The van der Waals surface area contributed by atoms with Crippen molar-refractivity contribution in [3.8, 4) is 0 Å². The van der Waals surface area contributed by atoms with Crippen LogP contribution in [-0.4, -0.2) is 103 Å². The maximum Gasteiger partial charge on any atom is 0.253 e. The summed E-state index contributed by atoms with van der Waals surface area (Å²) in [6, 6.07) is 0. The second-order valence-corrected chi connectivity index (χ2v) is 6.90. The first-order chi connectivity index (χ1) is 15.3. The molecule has 0 aromatic carbocycles. The number of amides is 2. The van der Waals surface area contributed by atoms with Gasteiger partial charge in [-0.25, -0.2) is 0 Å². The van der Waals surface area contributed by atoms with Crippen LogP contribution in [0.5, 0.6) is 0 Å². The molecule has 1 heterocycles. The van der Waals surface area contributed by atoms with Gasteiger partial charge >= 0.3 is 0 Å². The topological polar surface area (TPSA) is 92.8 Å². The first-order valence-electron chi connectivity index (χ1n) is 11.3. The third kappa shape index (κ3) is 16.0. The Kier molecular flexibility index (Phi) is 18.3. The molecule has 0 aromatic rings. The highest BCUT2D eigenvalue weighted by Gasteiger charge is 2.22. The van der Waals surface area contributed by atoms with Crippen molar-refractivity contribution in [3.63, 3.8) is 0 Å². The molecule has 1 aliphatic rings. The zero-order chi connectivity index (χ0) is 22.4. The molecular formula is C22H39NO8. The van der Waals surface area contributed by atoms with Crippen LogP contribution in [0.15, 0.2) is 12.2 Å². The van der Waals surface area contributed by atoms with Gasteiger partial charge in [0.2, 0.25) is 0 Å². The van der Waals surface area contributed by atoms with Crippen LogP contribution in [0.25, 0.3) is 0 Å². The van der Waals surface area contributed by atoms with Crippen LogP contribution in [0.1, 0.15) is 32.6 Å². The lowest BCUT2D eigenvalue weighted by molar-refractivity contribution is -0.137. The van der Waals surface area contributed by atoms with E-state index in [-0.39, 0.29) is 18.4 Å². The molecule has 0 bridgehead atoms. The fourth-order valence-electron chi connectivity index (χ4n) is 2.64. The summed E-state index contributed by atoms with van der Waals surface area (Å²) in [7, 11) is 0. The maximum atomic E-state index is 11.3. The largest absolute Gasteiger partial charge is 0.379 e. The fraction of sp³-hybridized carbons (Fsp3) is 0.818. The molecule has 2 amide bonds. The first kappa shape index (κ1) is 27.7. The molecule has 0 radical (unpaired) electrons. The molecule has 9 heteroatoms. The van der Waals surface area contributed by atoms with E-state index in [1.807, 2.05) is 0 Å². The number of hydrogen-bond acceptors (Lipinski definition) is 8. The average Bonchev–Trinajstić information content (AvgIpc) is 3.09. The Bertz CT molecular complexity index is 468. The molecular weight excluding hydrogens is 406 g/mol. The van der Waals surface area contributed by atoms with Gasteiger partial charge in [0.05, 0.1) is 79.2 Å². The maximum absolute atomic E-state index is 11.3. The zero-order valence-corrected chi connectivity index (χ0v) is 18.9. The molecule has 31 heavy (non-hydrogen) atoms. The summed E-state index contributed by atoms with van der Waals surface area (Å²) in [6.45, 7) is 8.70. The van der Waals surface area contributed by atoms with Gasteiger partial charge in [0.25, 0.3) is 11.8 Å². The highest BCUT2D eigenvalue weighted by molar-refractivity contribution is 6.12. The minimum atomic E-state index is -0.295. The van der Waals surface area contributed by atoms with E-state index in [1.165, 1.54) is 31.4 Å². The van der Waals surface area contributed by atoms with Gasteiger partial charge in [0, 0.05) is 18.8 Å². The van der Waals surface area contributed by atoms with Gasteiger partial charge in [-0.05, 0) is 6.42 Å². The van der Waals surface area contributed by atoms with E-state index in [4.69, 9.17) is 28.4 Å². The predicted molar refractivity (Wildman–Crippen MR) is 115 cm³/mol. The lowest BCUT2D eigenvalue weighted by Crippen LogP contribution is -2.33. The lowest BCUT2D eigenvalue weighted by Gasteiger charge is -2.13. The van der Waals surface area contributed by atoms with Gasteiger partial charge in [-0.3, -0.25) is 14.5 Å². The number of hydrogen-bond donors (Lipinski definition) is 0. The second-order valence-electron chi connectivity index (χ2n) is 6.90. The number of carbonyl (C=O) groups is 2. The normalized spacial score (nSPS) is 13.6. The number of nitrogens with zero attached hydrogens (tertiary/aromatic N) is 1. The zero-order valence-electron chi connectivity index (χ0n) is 18.9. The van der Waals surface area contributed by atoms with Crippen LogP contribution in [0, 0.1) is 0 Å². The molecule has 0 aliphatic carbocycles. The number of imide groups is 1. The molecule has 0 fully saturated rings. The molecule has 0 spiro atoms. The van der Waals surface area contributed by atoms with E-state index in [2.05, 4.69) is 6.92 Å². The summed E-state index contributed by atoms with van der Waals surface area (Å²) >= 11 is 0. The first-order valence-corrected chi connectivity index (χ1v) is 11.3. The summed E-state index contributed by atoms with van der Waals surface area (Å²) in [6.07, 6.45) is 7.40. The summed E-state index contributed by atoms with van der Waals surface area (Å²) < 4.78 is 32.5. The Labute approximate surface area is 185 Å². The Morgan fingerprint density at radius 2 is 0.935 bits per heavy atom. The smallest absolute Gasteiger partial charge is 0.253 e. The quantitative estimate of drug-likeness (QED) is 0.173. The molecule has 0 unspecified atom stereocenters. The van der Waals surface area contributed by atoms with Crippen LogP contribution in [0.4, 0.5) is 0 Å². The standard InChI is InChI=1S/C22H39NO8/c1-2-3-4-5-9-26-11-13-28-15-17-30-19-20-31-18-16-29-14-12-27-10-8-23-21(24)6-7-22(23)25/h6-7H,2-5,8-20H2,1H3. The van der Waals surface area contributed by atoms with Gasteiger partial charge in [0.1, 0.15) is 0 Å². The van der Waals surface area contributed by atoms with Gasteiger partial charge in [-0.15, -0.1) is 0 Å². The predicted octanol–water partition coefficient (Wildman–Crippen LogP) is 1.59.